The van der Waals surface area contributed by atoms with E-state index in [1.54, 1.807) is 78.9 Å². The lowest BCUT2D eigenvalue weighted by Crippen LogP contribution is -2.04. The Labute approximate surface area is 581 Å². The molecule has 0 aromatic heterocycles. The molecule has 21 N–H and O–H groups in total. The number of aliphatic hydroxyl groups excluding tert-OH is 11. The third kappa shape index (κ3) is 16.3. The van der Waals surface area contributed by atoms with Crippen LogP contribution >= 0.6 is 0 Å². The van der Waals surface area contributed by atoms with E-state index < -0.39 is 72.7 Å². The van der Waals surface area contributed by atoms with Crippen LogP contribution in [0.1, 0.15) is 161 Å². The summed E-state index contributed by atoms with van der Waals surface area (Å²) in [4.78, 5) is 0. The van der Waals surface area contributed by atoms with Crippen LogP contribution in [-0.4, -0.2) is 107 Å². The predicted molar refractivity (Wildman–Crippen MR) is 371 cm³/mol. The van der Waals surface area contributed by atoms with Crippen molar-refractivity contribution in [3.05, 3.63) is 289 Å². The molecule has 528 valence electrons. The molecule has 21 heteroatoms. The fraction of sp³-hybridized carbons (Fsp3) is 0.250. The molecule has 0 heterocycles. The summed E-state index contributed by atoms with van der Waals surface area (Å²) in [6, 6.07) is 34.1. The molecule has 101 heavy (non-hydrogen) atoms. The molecule has 0 bridgehead atoms. The van der Waals surface area contributed by atoms with Crippen molar-refractivity contribution in [2.75, 3.05) is 0 Å². The van der Waals surface area contributed by atoms with E-state index in [2.05, 4.69) is 0 Å². The van der Waals surface area contributed by atoms with Crippen molar-refractivity contribution in [1.82, 2.24) is 0 Å². The van der Waals surface area contributed by atoms with Crippen LogP contribution in [0.3, 0.4) is 0 Å². The monoisotopic (exact) mass is 1380 g/mol. The van der Waals surface area contributed by atoms with E-state index in [0.717, 1.165) is 0 Å². The van der Waals surface area contributed by atoms with Crippen molar-refractivity contribution in [3.63, 3.8) is 0 Å². The fourth-order valence-electron chi connectivity index (χ4n) is 13.6. The molecule has 10 aromatic carbocycles. The van der Waals surface area contributed by atoms with Crippen LogP contribution in [0.2, 0.25) is 0 Å². The van der Waals surface area contributed by atoms with Crippen molar-refractivity contribution in [1.29, 1.82) is 0 Å². The smallest absolute Gasteiger partial charge is 0.126 e. The Hall–Kier alpha value is -10.2. The summed E-state index contributed by atoms with van der Waals surface area (Å²) in [6.07, 6.45) is -0.122. The van der Waals surface area contributed by atoms with Crippen LogP contribution in [0.4, 0.5) is 0 Å². The lowest BCUT2D eigenvalue weighted by molar-refractivity contribution is 0.263. The molecule has 21 nitrogen and oxygen atoms in total. The summed E-state index contributed by atoms with van der Waals surface area (Å²) in [7, 11) is 0. The van der Waals surface area contributed by atoms with Crippen LogP contribution in [0.25, 0.3) is 0 Å². The van der Waals surface area contributed by atoms with Gasteiger partial charge in [-0.2, -0.15) is 0 Å². The van der Waals surface area contributed by atoms with Crippen molar-refractivity contribution in [2.24, 2.45) is 0 Å². The maximum atomic E-state index is 12.7. The molecule has 0 unspecified atom stereocenters. The summed E-state index contributed by atoms with van der Waals surface area (Å²) >= 11 is 0. The van der Waals surface area contributed by atoms with E-state index in [0.29, 0.717) is 106 Å². The fourth-order valence-corrected chi connectivity index (χ4v) is 13.6. The SMILES string of the molecule is OCc1cc(Cc2cc(Cc3cc(Cc4cc(Cc5cc(Cc6cc(Cc7cccc(CO)c7O)cc(CO)c6O)cc(Cc6cc(CO)c(O)c(CO)c6)c5O)cc(Cc5cc(CO)c(O)c(CO)c5)c4O)cc(Cc4cc(CO)c(O)c(CO)c4)c3O)cc(CO)c2O)cc(CO)c1O. The zero-order chi connectivity index (χ0) is 72.5. The minimum atomic E-state index is -0.604. The molecule has 0 radical (unpaired) electrons. The van der Waals surface area contributed by atoms with Gasteiger partial charge in [-0.3, -0.25) is 0 Å². The molecule has 10 aromatic rings. The van der Waals surface area contributed by atoms with E-state index in [1.165, 1.54) is 48.5 Å². The number of rotatable bonds is 29. The topological polar surface area (TPSA) is 425 Å². The highest BCUT2D eigenvalue weighted by atomic mass is 16.3. The number of para-hydroxylation sites is 1. The first-order valence-corrected chi connectivity index (χ1v) is 32.6. The largest absolute Gasteiger partial charge is 0.507 e. The molecule has 0 aliphatic carbocycles. The second-order valence-electron chi connectivity index (χ2n) is 25.6. The molecular formula is C80H82O21. The Bertz CT molecular complexity index is 4610. The second kappa shape index (κ2) is 32.4. The first kappa shape index (κ1) is 73.5. The van der Waals surface area contributed by atoms with E-state index in [9.17, 15) is 107 Å². The van der Waals surface area contributed by atoms with E-state index in [-0.39, 0.29) is 171 Å². The van der Waals surface area contributed by atoms with Gasteiger partial charge in [0.2, 0.25) is 0 Å². The molecule has 0 amide bonds. The third-order valence-corrected chi connectivity index (χ3v) is 18.6. The molecule has 0 spiro atoms. The highest BCUT2D eigenvalue weighted by Gasteiger charge is 2.24. The summed E-state index contributed by atoms with van der Waals surface area (Å²) < 4.78 is 0. The van der Waals surface area contributed by atoms with Gasteiger partial charge in [0.25, 0.3) is 0 Å². The van der Waals surface area contributed by atoms with E-state index >= 15 is 0 Å². The summed E-state index contributed by atoms with van der Waals surface area (Å²) in [5.74, 6) is -2.37. The zero-order valence-corrected chi connectivity index (χ0v) is 55.2. The maximum Gasteiger partial charge on any atom is 0.126 e. The van der Waals surface area contributed by atoms with Gasteiger partial charge in [-0.15, -0.1) is 0 Å². The standard InChI is InChI=1S/C80H82O21/c81-31-52-3-1-2-51(71(52)92)4-42-5-59(75(96)61(21-42)32-82)14-45-12-54(73(94)58(13-45)19-49-27-67(38-88)79(100)68(28-49)39-89)7-43-6-53(72(93)56(10-43)17-47-23-63(34-84)77(98)64(24-47)35-85)8-44-9-55(74(95)57(11-44)18-48-25-65(36-86)78(99)66(26-48)37-87)15-46-16-60(76(97)62(22-46)33-83)20-50-29-69(40-90)80(101)70(30-50)41-91/h1-3,5-6,9-13,16,21-30,81-101H,4,7-8,14-15,17-20,31-41H2. The van der Waals surface area contributed by atoms with Gasteiger partial charge in [0.15, 0.2) is 0 Å². The number of hydrogen-bond acceptors (Lipinski definition) is 21. The highest BCUT2D eigenvalue weighted by molar-refractivity contribution is 5.59. The van der Waals surface area contributed by atoms with Crippen molar-refractivity contribution >= 4 is 0 Å². The van der Waals surface area contributed by atoms with Gasteiger partial charge in [-0.25, -0.2) is 0 Å². The predicted octanol–water partition coefficient (Wildman–Crippen LogP) is 7.48. The van der Waals surface area contributed by atoms with Gasteiger partial charge in [0, 0.05) is 119 Å². The normalized spacial score (nSPS) is 11.5. The quantitative estimate of drug-likeness (QED) is 0.0216. The Morgan fingerprint density at radius 3 is 0.406 bits per heavy atom. The lowest BCUT2D eigenvalue weighted by Gasteiger charge is -2.19. The van der Waals surface area contributed by atoms with Gasteiger partial charge >= 0.3 is 0 Å². The summed E-state index contributed by atoms with van der Waals surface area (Å²) in [5.41, 5.74) is 9.26. The van der Waals surface area contributed by atoms with Gasteiger partial charge in [0.05, 0.1) is 72.7 Å². The Morgan fingerprint density at radius 2 is 0.248 bits per heavy atom. The number of hydrogen-bond donors (Lipinski definition) is 21. The average molecular weight is 1380 g/mol. The first-order valence-electron chi connectivity index (χ1n) is 32.6. The van der Waals surface area contributed by atoms with Crippen LogP contribution < -0.4 is 0 Å². The van der Waals surface area contributed by atoms with Gasteiger partial charge in [-0.1, -0.05) is 66.7 Å². The number of phenols is 10. The molecule has 0 fully saturated rings. The molecule has 0 saturated heterocycles. The lowest BCUT2D eigenvalue weighted by atomic mass is 9.88. The summed E-state index contributed by atoms with van der Waals surface area (Å²) in [6.45, 7) is -6.21. The van der Waals surface area contributed by atoms with Crippen LogP contribution in [0.5, 0.6) is 57.5 Å². The number of benzene rings is 10. The van der Waals surface area contributed by atoms with Gasteiger partial charge in [0.1, 0.15) is 57.5 Å². The van der Waals surface area contributed by atoms with Crippen molar-refractivity contribution < 1.29 is 107 Å². The average Bonchev–Trinajstić information content (AvgIpc) is 0.796. The van der Waals surface area contributed by atoms with Crippen LogP contribution in [-0.2, 0) is 130 Å². The molecule has 10 rings (SSSR count). The zero-order valence-electron chi connectivity index (χ0n) is 55.2. The first-order chi connectivity index (χ1) is 48.6. The number of aliphatic hydroxyl groups is 11. The third-order valence-electron chi connectivity index (χ3n) is 18.6. The Morgan fingerprint density at radius 1 is 0.139 bits per heavy atom. The number of aromatic hydroxyl groups is 10. The maximum absolute atomic E-state index is 12.7. The summed E-state index contributed by atoms with van der Waals surface area (Å²) in [5, 5.41) is 228. The van der Waals surface area contributed by atoms with Gasteiger partial charge in [-0.05, 0) is 161 Å². The molecule has 0 atom stereocenters. The van der Waals surface area contributed by atoms with Gasteiger partial charge < -0.3 is 107 Å². The number of phenolic OH excluding ortho intramolecular Hbond substituents is 3. The van der Waals surface area contributed by atoms with Crippen LogP contribution in [0, 0.1) is 0 Å². The molecule has 0 aliphatic heterocycles. The van der Waals surface area contributed by atoms with E-state index in [1.807, 2.05) is 0 Å². The molecule has 0 aliphatic rings. The minimum Gasteiger partial charge on any atom is -0.507 e. The second-order valence-corrected chi connectivity index (χ2v) is 25.6. The molecular weight excluding hydrogens is 1300 g/mol. The Balaban J connectivity index is 1.13. The van der Waals surface area contributed by atoms with Crippen molar-refractivity contribution in [3.8, 4) is 57.5 Å². The minimum absolute atomic E-state index is 0.00267. The Kier molecular flexibility index (Phi) is 23.6. The van der Waals surface area contributed by atoms with Crippen LogP contribution in [0.15, 0.2) is 127 Å². The molecule has 0 saturated carbocycles. The van der Waals surface area contributed by atoms with E-state index in [4.69, 9.17) is 0 Å². The van der Waals surface area contributed by atoms with Crippen molar-refractivity contribution in [2.45, 2.75) is 130 Å². The highest BCUT2D eigenvalue weighted by Crippen LogP contribution is 2.41.